The molecule has 8 heteroatoms. The van der Waals surface area contributed by atoms with Crippen molar-refractivity contribution in [2.24, 2.45) is 0 Å². The topological polar surface area (TPSA) is 89.3 Å². The number of hydrogen-bond acceptors (Lipinski definition) is 6. The van der Waals surface area contributed by atoms with Crippen LogP contribution in [0.4, 0.5) is 5.69 Å². The van der Waals surface area contributed by atoms with Crippen molar-refractivity contribution in [2.75, 3.05) is 5.32 Å². The standard InChI is InChI=1S/C20H15N5O2S/c1-13(26)22-16-8-5-15(6-9-16)19-24-25-18(27)11-17(23-20(25)28-19)7-4-14-3-2-10-21-12-14/h2-12H,1H3,(H,22,26)/b7-4+. The van der Waals surface area contributed by atoms with Crippen LogP contribution in [0, 0.1) is 0 Å². The third-order valence-corrected chi connectivity index (χ3v) is 4.81. The second kappa shape index (κ2) is 7.53. The molecule has 0 aliphatic heterocycles. The molecule has 1 aromatic carbocycles. The van der Waals surface area contributed by atoms with Gasteiger partial charge in [0, 0.05) is 36.6 Å². The van der Waals surface area contributed by atoms with Crippen LogP contribution >= 0.6 is 11.3 Å². The third kappa shape index (κ3) is 3.86. The molecule has 7 nitrogen and oxygen atoms in total. The summed E-state index contributed by atoms with van der Waals surface area (Å²) in [5.74, 6) is -0.129. The molecule has 0 atom stereocenters. The highest BCUT2D eigenvalue weighted by atomic mass is 32.1. The SMILES string of the molecule is CC(=O)Nc1ccc(-c2nn3c(=O)cc(/C=C/c4cccnc4)nc3s2)cc1. The molecule has 28 heavy (non-hydrogen) atoms. The summed E-state index contributed by atoms with van der Waals surface area (Å²) in [6, 6.07) is 12.5. The Kier molecular flexibility index (Phi) is 4.77. The van der Waals surface area contributed by atoms with Gasteiger partial charge in [-0.1, -0.05) is 23.5 Å². The molecule has 0 saturated heterocycles. The summed E-state index contributed by atoms with van der Waals surface area (Å²) >= 11 is 1.33. The van der Waals surface area contributed by atoms with Gasteiger partial charge in [-0.05, 0) is 42.0 Å². The number of hydrogen-bond donors (Lipinski definition) is 1. The highest BCUT2D eigenvalue weighted by Gasteiger charge is 2.10. The molecule has 0 saturated carbocycles. The first-order valence-electron chi connectivity index (χ1n) is 8.45. The van der Waals surface area contributed by atoms with Crippen LogP contribution in [0.3, 0.4) is 0 Å². The van der Waals surface area contributed by atoms with Gasteiger partial charge in [-0.2, -0.15) is 9.61 Å². The van der Waals surface area contributed by atoms with Gasteiger partial charge in [0.1, 0.15) is 5.01 Å². The van der Waals surface area contributed by atoms with Gasteiger partial charge in [-0.25, -0.2) is 4.98 Å². The van der Waals surface area contributed by atoms with Crippen molar-refractivity contribution < 1.29 is 4.79 Å². The zero-order valence-electron chi connectivity index (χ0n) is 14.9. The predicted molar refractivity (Wildman–Crippen MR) is 110 cm³/mol. The quantitative estimate of drug-likeness (QED) is 0.578. The monoisotopic (exact) mass is 389 g/mol. The molecule has 0 bridgehead atoms. The highest BCUT2D eigenvalue weighted by molar-refractivity contribution is 7.19. The molecule has 0 radical (unpaired) electrons. The maximum absolute atomic E-state index is 12.4. The molecule has 138 valence electrons. The van der Waals surface area contributed by atoms with E-state index in [1.807, 2.05) is 30.3 Å². The number of amides is 1. The Hall–Kier alpha value is -3.65. The Morgan fingerprint density at radius 1 is 1.18 bits per heavy atom. The molecule has 0 aliphatic rings. The minimum atomic E-state index is -0.242. The second-order valence-electron chi connectivity index (χ2n) is 6.00. The average Bonchev–Trinajstić information content (AvgIpc) is 3.12. The summed E-state index contributed by atoms with van der Waals surface area (Å²) in [5.41, 5.74) is 2.79. The van der Waals surface area contributed by atoms with Gasteiger partial charge >= 0.3 is 0 Å². The zero-order chi connectivity index (χ0) is 19.5. The van der Waals surface area contributed by atoms with Crippen molar-refractivity contribution >= 4 is 40.0 Å². The van der Waals surface area contributed by atoms with Gasteiger partial charge in [-0.3, -0.25) is 14.6 Å². The van der Waals surface area contributed by atoms with Crippen LogP contribution in [-0.2, 0) is 4.79 Å². The number of carbonyl (C=O) groups is 1. The van der Waals surface area contributed by atoms with E-state index in [-0.39, 0.29) is 11.5 Å². The highest BCUT2D eigenvalue weighted by Crippen LogP contribution is 2.25. The van der Waals surface area contributed by atoms with Crippen LogP contribution in [0.15, 0.2) is 59.7 Å². The minimum Gasteiger partial charge on any atom is -0.326 e. The lowest BCUT2D eigenvalue weighted by Gasteiger charge is -2.01. The Balaban J connectivity index is 1.65. The molecule has 1 N–H and O–H groups in total. The molecule has 4 rings (SSSR count). The summed E-state index contributed by atoms with van der Waals surface area (Å²) in [5, 5.41) is 7.76. The summed E-state index contributed by atoms with van der Waals surface area (Å²) in [7, 11) is 0. The molecule has 3 heterocycles. The first kappa shape index (κ1) is 17.7. The number of aromatic nitrogens is 4. The number of fused-ring (bicyclic) bond motifs is 1. The predicted octanol–water partition coefficient (Wildman–Crippen LogP) is 3.34. The maximum atomic E-state index is 12.4. The Morgan fingerprint density at radius 3 is 2.71 bits per heavy atom. The number of benzene rings is 1. The Morgan fingerprint density at radius 2 is 2.00 bits per heavy atom. The molecule has 0 unspecified atom stereocenters. The van der Waals surface area contributed by atoms with Crippen LogP contribution in [0.5, 0.6) is 0 Å². The van der Waals surface area contributed by atoms with Crippen molar-refractivity contribution in [1.29, 1.82) is 0 Å². The van der Waals surface area contributed by atoms with Gasteiger partial charge in [0.25, 0.3) is 5.56 Å². The largest absolute Gasteiger partial charge is 0.326 e. The molecule has 3 aromatic heterocycles. The maximum Gasteiger partial charge on any atom is 0.275 e. The first-order valence-corrected chi connectivity index (χ1v) is 9.27. The first-order chi connectivity index (χ1) is 13.6. The smallest absolute Gasteiger partial charge is 0.275 e. The van der Waals surface area contributed by atoms with Crippen LogP contribution in [0.2, 0.25) is 0 Å². The van der Waals surface area contributed by atoms with E-state index in [0.717, 1.165) is 11.1 Å². The van der Waals surface area contributed by atoms with Gasteiger partial charge < -0.3 is 5.32 Å². The average molecular weight is 389 g/mol. The lowest BCUT2D eigenvalue weighted by atomic mass is 10.2. The van der Waals surface area contributed by atoms with Crippen LogP contribution < -0.4 is 10.9 Å². The lowest BCUT2D eigenvalue weighted by Crippen LogP contribution is -2.14. The van der Waals surface area contributed by atoms with Crippen LogP contribution in [-0.4, -0.2) is 25.5 Å². The number of nitrogens with one attached hydrogen (secondary N) is 1. The number of anilines is 1. The van der Waals surface area contributed by atoms with Crippen molar-refractivity contribution in [1.82, 2.24) is 19.6 Å². The molecule has 4 aromatic rings. The summed E-state index contributed by atoms with van der Waals surface area (Å²) in [4.78, 5) is 32.6. The van der Waals surface area contributed by atoms with Crippen LogP contribution in [0.25, 0.3) is 27.7 Å². The molecule has 0 aliphatic carbocycles. The zero-order valence-corrected chi connectivity index (χ0v) is 15.7. The fraction of sp³-hybridized carbons (Fsp3) is 0.0500. The Labute approximate surface area is 164 Å². The lowest BCUT2D eigenvalue weighted by molar-refractivity contribution is -0.114. The molecule has 0 spiro atoms. The third-order valence-electron chi connectivity index (χ3n) is 3.85. The second-order valence-corrected chi connectivity index (χ2v) is 6.96. The molecule has 1 amide bonds. The summed E-state index contributed by atoms with van der Waals surface area (Å²) < 4.78 is 1.29. The number of carbonyl (C=O) groups excluding carboxylic acids is 1. The number of rotatable bonds is 4. The fourth-order valence-electron chi connectivity index (χ4n) is 2.59. The van der Waals surface area contributed by atoms with E-state index < -0.39 is 0 Å². The van der Waals surface area contributed by atoms with E-state index in [0.29, 0.717) is 21.3 Å². The molecular formula is C20H15N5O2S. The number of pyridine rings is 1. The fourth-order valence-corrected chi connectivity index (χ4v) is 3.50. The summed E-state index contributed by atoms with van der Waals surface area (Å²) in [6.45, 7) is 1.46. The van der Waals surface area contributed by atoms with E-state index in [2.05, 4.69) is 20.4 Å². The van der Waals surface area contributed by atoms with Gasteiger partial charge in [0.2, 0.25) is 10.9 Å². The van der Waals surface area contributed by atoms with Crippen molar-refractivity contribution in [2.45, 2.75) is 6.92 Å². The Bertz CT molecular complexity index is 1230. The van der Waals surface area contributed by atoms with Gasteiger partial charge in [-0.15, -0.1) is 0 Å². The van der Waals surface area contributed by atoms with E-state index in [9.17, 15) is 9.59 Å². The molecular weight excluding hydrogens is 374 g/mol. The normalized spacial score (nSPS) is 11.2. The van der Waals surface area contributed by atoms with Crippen molar-refractivity contribution in [3.8, 4) is 10.6 Å². The van der Waals surface area contributed by atoms with E-state index >= 15 is 0 Å². The van der Waals surface area contributed by atoms with E-state index in [1.54, 1.807) is 30.6 Å². The minimum absolute atomic E-state index is 0.129. The number of nitrogens with zero attached hydrogens (tertiary/aromatic N) is 4. The van der Waals surface area contributed by atoms with E-state index in [1.165, 1.54) is 28.8 Å². The van der Waals surface area contributed by atoms with Gasteiger partial charge in [0.05, 0.1) is 5.69 Å². The summed E-state index contributed by atoms with van der Waals surface area (Å²) in [6.07, 6.45) is 7.07. The van der Waals surface area contributed by atoms with Crippen LogP contribution in [0.1, 0.15) is 18.2 Å². The van der Waals surface area contributed by atoms with Crippen molar-refractivity contribution in [3.63, 3.8) is 0 Å². The van der Waals surface area contributed by atoms with E-state index in [4.69, 9.17) is 0 Å². The van der Waals surface area contributed by atoms with Crippen molar-refractivity contribution in [3.05, 3.63) is 76.5 Å². The van der Waals surface area contributed by atoms with Gasteiger partial charge in [0.15, 0.2) is 0 Å². The molecule has 0 fully saturated rings.